The second-order valence-electron chi connectivity index (χ2n) is 8.74. The predicted molar refractivity (Wildman–Crippen MR) is 140 cm³/mol. The van der Waals surface area contributed by atoms with E-state index in [1.54, 1.807) is 0 Å². The van der Waals surface area contributed by atoms with Crippen LogP contribution in [0.3, 0.4) is 0 Å². The van der Waals surface area contributed by atoms with Gasteiger partial charge < -0.3 is 4.74 Å². The molecule has 0 heterocycles. The van der Waals surface area contributed by atoms with E-state index in [4.69, 9.17) is 11.2 Å². The maximum atomic E-state index is 12.8. The molecule has 0 saturated carbocycles. The highest BCUT2D eigenvalue weighted by Gasteiger charge is 2.21. The van der Waals surface area contributed by atoms with Gasteiger partial charge in [-0.15, -0.1) is 6.42 Å². The molecule has 0 amide bonds. The Labute approximate surface area is 204 Å². The highest BCUT2D eigenvalue weighted by molar-refractivity contribution is 5.83. The second-order valence-corrected chi connectivity index (χ2v) is 8.74. The second kappa shape index (κ2) is 12.9. The fourth-order valence-electron chi connectivity index (χ4n) is 4.01. The van der Waals surface area contributed by atoms with Gasteiger partial charge in [-0.1, -0.05) is 59.7 Å². The van der Waals surface area contributed by atoms with Crippen LogP contribution in [0, 0.1) is 42.1 Å². The molecule has 0 saturated heterocycles. The molecule has 0 bridgehead atoms. The third-order valence-electron chi connectivity index (χ3n) is 5.92. The van der Waals surface area contributed by atoms with E-state index < -0.39 is 0 Å². The van der Waals surface area contributed by atoms with Crippen molar-refractivity contribution in [3.8, 4) is 53.1 Å². The smallest absolute Gasteiger partial charge is 0.140 e. The van der Waals surface area contributed by atoms with Crippen LogP contribution >= 0.6 is 0 Å². The number of terminal acetylenes is 1. The molecule has 0 spiro atoms. The Bertz CT molecular complexity index is 1210. The van der Waals surface area contributed by atoms with Crippen LogP contribution in [-0.2, 0) is 11.2 Å². The van der Waals surface area contributed by atoms with Crippen LogP contribution in [0.4, 0.5) is 0 Å². The number of carbonyl (C=O) groups excluding carboxylic acids is 1. The van der Waals surface area contributed by atoms with Crippen molar-refractivity contribution in [1.82, 2.24) is 0 Å². The van der Waals surface area contributed by atoms with Gasteiger partial charge in [0.2, 0.25) is 0 Å². The van der Waals surface area contributed by atoms with Crippen molar-refractivity contribution in [2.24, 2.45) is 5.92 Å². The lowest BCUT2D eigenvalue weighted by Crippen LogP contribution is -2.19. The average molecular weight is 447 g/mol. The van der Waals surface area contributed by atoms with Gasteiger partial charge in [0.1, 0.15) is 17.6 Å². The first kappa shape index (κ1) is 24.7. The fraction of sp³-hybridized carbons (Fsp3) is 0.281. The van der Waals surface area contributed by atoms with E-state index in [0.29, 0.717) is 18.0 Å². The van der Waals surface area contributed by atoms with Crippen LogP contribution in [0.1, 0.15) is 51.5 Å². The van der Waals surface area contributed by atoms with Crippen LogP contribution in [0.2, 0.25) is 0 Å². The molecule has 0 fully saturated rings. The van der Waals surface area contributed by atoms with E-state index in [2.05, 4.69) is 80.1 Å². The van der Waals surface area contributed by atoms with Crippen LogP contribution in [0.15, 0.2) is 71.8 Å². The SMILES string of the molecule is C#CC#CC#COc1ccc(-c2ccc(CC(=O)C3CC=C(CCC=C(C)C)CC3)cc2)cc1. The maximum Gasteiger partial charge on any atom is 0.140 e. The molecule has 1 aliphatic rings. The van der Waals surface area contributed by atoms with E-state index >= 15 is 0 Å². The van der Waals surface area contributed by atoms with Gasteiger partial charge in [0, 0.05) is 24.2 Å². The first-order chi connectivity index (χ1) is 16.5. The van der Waals surface area contributed by atoms with Crippen LogP contribution in [-0.4, -0.2) is 5.78 Å². The lowest BCUT2D eigenvalue weighted by Gasteiger charge is -2.21. The summed E-state index contributed by atoms with van der Waals surface area (Å²) in [7, 11) is 0. The molecule has 170 valence electrons. The molecule has 0 aliphatic heterocycles. The Kier molecular flexibility index (Phi) is 9.40. The zero-order valence-electron chi connectivity index (χ0n) is 20.0. The number of Topliss-reactive ketones (excluding diaryl/α,β-unsaturated/α-hetero) is 1. The molecular weight excluding hydrogens is 416 g/mol. The van der Waals surface area contributed by atoms with Gasteiger partial charge in [-0.2, -0.15) is 0 Å². The van der Waals surface area contributed by atoms with Crippen LogP contribution in [0.25, 0.3) is 11.1 Å². The number of benzene rings is 2. The summed E-state index contributed by atoms with van der Waals surface area (Å²) in [5.74, 6) is 10.8. The monoisotopic (exact) mass is 446 g/mol. The number of ether oxygens (including phenoxy) is 1. The Hall–Kier alpha value is -3.93. The standard InChI is InChI=1S/C32H30O2/c1-4-5-6-7-23-34-31-21-19-29(20-22-31)28-15-13-27(14-16-28)24-32(33)30-17-11-26(12-18-30)10-8-9-25(2)3/h1,9,11,13-16,19-22,30H,8,10,12,17-18,24H2,2-3H3. The number of allylic oxidation sites excluding steroid dienone is 4. The van der Waals surface area contributed by atoms with Crippen molar-refractivity contribution >= 4 is 5.78 Å². The third-order valence-corrected chi connectivity index (χ3v) is 5.92. The molecule has 2 heteroatoms. The van der Waals surface area contributed by atoms with Gasteiger partial charge in [0.25, 0.3) is 0 Å². The molecule has 2 nitrogen and oxygen atoms in total. The zero-order chi connectivity index (χ0) is 24.2. The molecule has 0 aromatic heterocycles. The third kappa shape index (κ3) is 7.89. The molecule has 3 rings (SSSR count). The summed E-state index contributed by atoms with van der Waals surface area (Å²) in [5.41, 5.74) is 6.11. The molecule has 34 heavy (non-hydrogen) atoms. The number of hydrogen-bond donors (Lipinski definition) is 0. The van der Waals surface area contributed by atoms with E-state index in [-0.39, 0.29) is 5.92 Å². The van der Waals surface area contributed by atoms with E-state index in [1.807, 2.05) is 24.3 Å². The minimum atomic E-state index is 0.153. The lowest BCUT2D eigenvalue weighted by molar-refractivity contribution is -0.122. The molecule has 1 unspecified atom stereocenters. The van der Waals surface area contributed by atoms with Gasteiger partial charge in [0.05, 0.1) is 0 Å². The van der Waals surface area contributed by atoms with Gasteiger partial charge in [0.15, 0.2) is 0 Å². The topological polar surface area (TPSA) is 26.3 Å². The summed E-state index contributed by atoms with van der Waals surface area (Å²) in [4.78, 5) is 12.8. The summed E-state index contributed by atoms with van der Waals surface area (Å²) in [6, 6.07) is 15.9. The number of ketones is 1. The average Bonchev–Trinajstić information content (AvgIpc) is 2.85. The van der Waals surface area contributed by atoms with E-state index in [1.165, 1.54) is 11.1 Å². The first-order valence-electron chi connectivity index (χ1n) is 11.7. The molecule has 0 N–H and O–H groups in total. The quantitative estimate of drug-likeness (QED) is 0.325. The summed E-state index contributed by atoms with van der Waals surface area (Å²) in [6.45, 7) is 4.28. The Balaban J connectivity index is 1.51. The summed E-state index contributed by atoms with van der Waals surface area (Å²) in [5, 5.41) is 0. The predicted octanol–water partition coefficient (Wildman–Crippen LogP) is 6.91. The normalized spacial score (nSPS) is 14.3. The zero-order valence-corrected chi connectivity index (χ0v) is 20.0. The minimum Gasteiger partial charge on any atom is -0.407 e. The van der Waals surface area contributed by atoms with Gasteiger partial charge in [-0.3, -0.25) is 4.79 Å². The maximum absolute atomic E-state index is 12.8. The summed E-state index contributed by atoms with van der Waals surface area (Å²) in [6.07, 6.45) is 17.8. The van der Waals surface area contributed by atoms with Crippen molar-refractivity contribution in [1.29, 1.82) is 0 Å². The van der Waals surface area contributed by atoms with Crippen molar-refractivity contribution in [2.45, 2.75) is 52.4 Å². The number of rotatable bonds is 8. The van der Waals surface area contributed by atoms with Crippen molar-refractivity contribution in [3.63, 3.8) is 0 Å². The van der Waals surface area contributed by atoms with Crippen molar-refractivity contribution in [3.05, 3.63) is 77.4 Å². The highest BCUT2D eigenvalue weighted by Crippen LogP contribution is 2.28. The van der Waals surface area contributed by atoms with Gasteiger partial charge in [-0.05, 0) is 86.6 Å². The largest absolute Gasteiger partial charge is 0.407 e. The van der Waals surface area contributed by atoms with Crippen molar-refractivity contribution < 1.29 is 9.53 Å². The Morgan fingerprint density at radius 2 is 1.74 bits per heavy atom. The molecule has 1 atom stereocenters. The van der Waals surface area contributed by atoms with Gasteiger partial charge >= 0.3 is 0 Å². The van der Waals surface area contributed by atoms with E-state index in [0.717, 1.165) is 48.8 Å². The van der Waals surface area contributed by atoms with Gasteiger partial charge in [-0.25, -0.2) is 0 Å². The molecule has 1 aliphatic carbocycles. The molecule has 2 aromatic rings. The first-order valence-corrected chi connectivity index (χ1v) is 11.7. The lowest BCUT2D eigenvalue weighted by atomic mass is 9.83. The van der Waals surface area contributed by atoms with E-state index in [9.17, 15) is 4.79 Å². The highest BCUT2D eigenvalue weighted by atomic mass is 16.5. The van der Waals surface area contributed by atoms with Crippen molar-refractivity contribution in [2.75, 3.05) is 0 Å². The van der Waals surface area contributed by atoms with Crippen LogP contribution in [0.5, 0.6) is 5.75 Å². The molecular formula is C32H30O2. The fourth-order valence-corrected chi connectivity index (χ4v) is 4.01. The summed E-state index contributed by atoms with van der Waals surface area (Å²) >= 11 is 0. The number of hydrogen-bond acceptors (Lipinski definition) is 2. The molecule has 0 radical (unpaired) electrons. The number of carbonyl (C=O) groups is 1. The summed E-state index contributed by atoms with van der Waals surface area (Å²) < 4.78 is 5.32. The molecule has 2 aromatic carbocycles. The Morgan fingerprint density at radius 1 is 1.03 bits per heavy atom. The Morgan fingerprint density at radius 3 is 2.35 bits per heavy atom. The van der Waals surface area contributed by atoms with Crippen LogP contribution < -0.4 is 4.74 Å². The minimum absolute atomic E-state index is 0.153.